The average molecular weight is 445 g/mol. The number of aromatic nitrogens is 4. The molecule has 1 N–H and O–H groups in total. The van der Waals surface area contributed by atoms with Crippen LogP contribution in [0.25, 0.3) is 0 Å². The summed E-state index contributed by atoms with van der Waals surface area (Å²) in [7, 11) is 1.95. The molecule has 132 valence electrons. The van der Waals surface area contributed by atoms with Crippen LogP contribution in [0.15, 0.2) is 21.9 Å². The molecule has 2 aromatic heterocycles. The molecule has 24 heavy (non-hydrogen) atoms. The van der Waals surface area contributed by atoms with Crippen molar-refractivity contribution in [3.8, 4) is 0 Å². The first kappa shape index (κ1) is 18.7. The Bertz CT molecular complexity index is 681. The summed E-state index contributed by atoms with van der Waals surface area (Å²) >= 11 is 0. The SMILES string of the molecule is CCNC(=NCc1noc(C)n1)N1CCC(c2cnn(C)c2)C1.I. The van der Waals surface area contributed by atoms with Gasteiger partial charge in [-0.3, -0.25) is 4.68 Å². The van der Waals surface area contributed by atoms with Crippen LogP contribution in [0.4, 0.5) is 0 Å². The molecule has 0 aliphatic carbocycles. The van der Waals surface area contributed by atoms with Gasteiger partial charge in [-0.2, -0.15) is 10.1 Å². The van der Waals surface area contributed by atoms with Crippen LogP contribution in [0.5, 0.6) is 0 Å². The summed E-state index contributed by atoms with van der Waals surface area (Å²) in [6.07, 6.45) is 5.16. The van der Waals surface area contributed by atoms with Crippen molar-refractivity contribution in [2.75, 3.05) is 19.6 Å². The number of halogens is 1. The molecule has 8 nitrogen and oxygen atoms in total. The second kappa shape index (κ2) is 8.45. The van der Waals surface area contributed by atoms with E-state index in [1.807, 2.05) is 17.9 Å². The fraction of sp³-hybridized carbons (Fsp3) is 0.600. The predicted molar refractivity (Wildman–Crippen MR) is 101 cm³/mol. The van der Waals surface area contributed by atoms with Gasteiger partial charge in [0.25, 0.3) is 0 Å². The van der Waals surface area contributed by atoms with Gasteiger partial charge in [0.2, 0.25) is 5.89 Å². The Kier molecular flexibility index (Phi) is 6.58. The van der Waals surface area contributed by atoms with E-state index in [1.54, 1.807) is 6.92 Å². The first-order valence-corrected chi connectivity index (χ1v) is 7.96. The largest absolute Gasteiger partial charge is 0.357 e. The zero-order valence-electron chi connectivity index (χ0n) is 14.3. The molecule has 0 bridgehead atoms. The van der Waals surface area contributed by atoms with Crippen LogP contribution < -0.4 is 5.32 Å². The predicted octanol–water partition coefficient (Wildman–Crippen LogP) is 1.68. The molecule has 1 saturated heterocycles. The third-order valence-electron chi connectivity index (χ3n) is 3.96. The number of aliphatic imine (C=N–C) groups is 1. The van der Waals surface area contributed by atoms with Gasteiger partial charge in [-0.15, -0.1) is 24.0 Å². The summed E-state index contributed by atoms with van der Waals surface area (Å²) < 4.78 is 6.84. The van der Waals surface area contributed by atoms with Crippen molar-refractivity contribution in [3.05, 3.63) is 29.7 Å². The summed E-state index contributed by atoms with van der Waals surface area (Å²) in [4.78, 5) is 11.1. The smallest absolute Gasteiger partial charge is 0.223 e. The van der Waals surface area contributed by atoms with Gasteiger partial charge in [-0.1, -0.05) is 5.16 Å². The molecular formula is C15H24IN7O. The van der Waals surface area contributed by atoms with Gasteiger partial charge >= 0.3 is 0 Å². The molecule has 1 atom stereocenters. The maximum atomic E-state index is 4.99. The topological polar surface area (TPSA) is 84.4 Å². The molecule has 0 radical (unpaired) electrons. The Labute approximate surface area is 158 Å². The highest BCUT2D eigenvalue weighted by molar-refractivity contribution is 14.0. The number of rotatable bonds is 4. The normalized spacial score (nSPS) is 17.9. The molecule has 0 saturated carbocycles. The standard InChI is InChI=1S/C15H23N7O.HI/c1-4-16-15(17-8-14-19-11(2)23-20-14)22-6-5-12(10-22)13-7-18-21(3)9-13;/h7,9,12H,4-6,8,10H2,1-3H3,(H,16,17);1H. The van der Waals surface area contributed by atoms with Crippen molar-refractivity contribution in [2.45, 2.75) is 32.7 Å². The fourth-order valence-corrected chi connectivity index (χ4v) is 2.85. The zero-order valence-corrected chi connectivity index (χ0v) is 16.6. The van der Waals surface area contributed by atoms with Crippen LogP contribution in [-0.2, 0) is 13.6 Å². The fourth-order valence-electron chi connectivity index (χ4n) is 2.85. The van der Waals surface area contributed by atoms with Gasteiger partial charge in [0, 0.05) is 45.7 Å². The van der Waals surface area contributed by atoms with Crippen molar-refractivity contribution in [1.82, 2.24) is 30.1 Å². The monoisotopic (exact) mass is 445 g/mol. The minimum Gasteiger partial charge on any atom is -0.357 e. The molecule has 3 rings (SSSR count). The quantitative estimate of drug-likeness (QED) is 0.438. The Balaban J connectivity index is 0.00000208. The highest BCUT2D eigenvalue weighted by Gasteiger charge is 2.26. The third kappa shape index (κ3) is 4.46. The van der Waals surface area contributed by atoms with Crippen LogP contribution in [0.1, 0.15) is 36.5 Å². The van der Waals surface area contributed by atoms with E-state index < -0.39 is 0 Å². The molecule has 9 heteroatoms. The van der Waals surface area contributed by atoms with E-state index in [0.29, 0.717) is 24.2 Å². The van der Waals surface area contributed by atoms with E-state index >= 15 is 0 Å². The highest BCUT2D eigenvalue weighted by Crippen LogP contribution is 2.26. The maximum Gasteiger partial charge on any atom is 0.223 e. The summed E-state index contributed by atoms with van der Waals surface area (Å²) in [6, 6.07) is 0. The van der Waals surface area contributed by atoms with Gasteiger partial charge in [0.15, 0.2) is 11.8 Å². The number of nitrogens with zero attached hydrogens (tertiary/aromatic N) is 6. The lowest BCUT2D eigenvalue weighted by Crippen LogP contribution is -2.40. The number of hydrogen-bond acceptors (Lipinski definition) is 5. The Morgan fingerprint density at radius 3 is 2.96 bits per heavy atom. The van der Waals surface area contributed by atoms with Crippen LogP contribution in [0.2, 0.25) is 0 Å². The number of likely N-dealkylation sites (tertiary alicyclic amines) is 1. The molecule has 1 aliphatic heterocycles. The van der Waals surface area contributed by atoms with Crippen LogP contribution in [0, 0.1) is 6.92 Å². The van der Waals surface area contributed by atoms with Crippen molar-refractivity contribution < 1.29 is 4.52 Å². The minimum absolute atomic E-state index is 0. The number of nitrogens with one attached hydrogen (secondary N) is 1. The van der Waals surface area contributed by atoms with E-state index in [9.17, 15) is 0 Å². The number of guanidine groups is 1. The van der Waals surface area contributed by atoms with Gasteiger partial charge in [0.05, 0.1) is 6.20 Å². The molecule has 1 fully saturated rings. The zero-order chi connectivity index (χ0) is 16.2. The lowest BCUT2D eigenvalue weighted by Gasteiger charge is -2.21. The highest BCUT2D eigenvalue weighted by atomic mass is 127. The lowest BCUT2D eigenvalue weighted by molar-refractivity contribution is 0.387. The average Bonchev–Trinajstić information content (AvgIpc) is 3.24. The van der Waals surface area contributed by atoms with Crippen LogP contribution in [-0.4, -0.2) is 50.4 Å². The van der Waals surface area contributed by atoms with Crippen LogP contribution in [0.3, 0.4) is 0 Å². The first-order valence-electron chi connectivity index (χ1n) is 7.96. The molecule has 1 unspecified atom stereocenters. The minimum atomic E-state index is 0. The molecule has 2 aromatic rings. The molecule has 0 spiro atoms. The van der Waals surface area contributed by atoms with E-state index in [0.717, 1.165) is 32.0 Å². The Morgan fingerprint density at radius 2 is 2.33 bits per heavy atom. The van der Waals surface area contributed by atoms with E-state index in [-0.39, 0.29) is 24.0 Å². The van der Waals surface area contributed by atoms with Gasteiger partial charge < -0.3 is 14.7 Å². The van der Waals surface area contributed by atoms with E-state index in [4.69, 9.17) is 4.52 Å². The molecule has 0 aromatic carbocycles. The summed E-state index contributed by atoms with van der Waals surface area (Å²) in [5, 5.41) is 11.5. The van der Waals surface area contributed by atoms with Crippen LogP contribution >= 0.6 is 24.0 Å². The second-order valence-electron chi connectivity index (χ2n) is 5.78. The summed E-state index contributed by atoms with van der Waals surface area (Å²) in [5.41, 5.74) is 1.29. The summed E-state index contributed by atoms with van der Waals surface area (Å²) in [5.74, 6) is 2.58. The number of aryl methyl sites for hydroxylation is 2. The second-order valence-corrected chi connectivity index (χ2v) is 5.78. The van der Waals surface area contributed by atoms with Crippen molar-refractivity contribution in [3.63, 3.8) is 0 Å². The van der Waals surface area contributed by atoms with Gasteiger partial charge in [0.1, 0.15) is 6.54 Å². The lowest BCUT2D eigenvalue weighted by atomic mass is 10.0. The van der Waals surface area contributed by atoms with E-state index in [2.05, 4.69) is 43.6 Å². The Hall–Kier alpha value is -1.65. The van der Waals surface area contributed by atoms with Crippen molar-refractivity contribution in [2.24, 2.45) is 12.0 Å². The molecule has 3 heterocycles. The maximum absolute atomic E-state index is 4.99. The summed E-state index contributed by atoms with van der Waals surface area (Å²) in [6.45, 7) is 7.04. The molecule has 0 amide bonds. The number of hydrogen-bond donors (Lipinski definition) is 1. The van der Waals surface area contributed by atoms with Gasteiger partial charge in [-0.05, 0) is 18.9 Å². The van der Waals surface area contributed by atoms with Crippen molar-refractivity contribution >= 4 is 29.9 Å². The Morgan fingerprint density at radius 1 is 1.50 bits per heavy atom. The van der Waals surface area contributed by atoms with Crippen molar-refractivity contribution in [1.29, 1.82) is 0 Å². The van der Waals surface area contributed by atoms with E-state index in [1.165, 1.54) is 5.56 Å². The third-order valence-corrected chi connectivity index (χ3v) is 3.96. The first-order chi connectivity index (χ1) is 11.2. The molecular weight excluding hydrogens is 421 g/mol. The molecule has 1 aliphatic rings. The van der Waals surface area contributed by atoms with Gasteiger partial charge in [-0.25, -0.2) is 4.99 Å².